The smallest absolute Gasteiger partial charge is 0.254 e. The number of nitrogens with zero attached hydrogens (tertiary/aromatic N) is 1. The maximum absolute atomic E-state index is 11.1. The second-order valence-electron chi connectivity index (χ2n) is 2.41. The number of pyridine rings is 1. The molecule has 56 valence electrons. The van der Waals surface area contributed by atoms with Crippen molar-refractivity contribution < 1.29 is 4.79 Å². The van der Waals surface area contributed by atoms with Gasteiger partial charge in [-0.15, -0.1) is 0 Å². The Bertz CT molecular complexity index is 324. The lowest BCUT2D eigenvalue weighted by Gasteiger charge is -1.96. The molecule has 0 bridgehead atoms. The van der Waals surface area contributed by atoms with Gasteiger partial charge in [-0.2, -0.15) is 0 Å². The number of nitrogens with one attached hydrogen (secondary N) is 1. The first-order valence-electron chi connectivity index (χ1n) is 3.30. The topological polar surface area (TPSA) is 42.0 Å². The third-order valence-corrected chi connectivity index (χ3v) is 2.17. The number of rotatable bonds is 0. The number of amides is 1. The fourth-order valence-electron chi connectivity index (χ4n) is 1.19. The van der Waals surface area contributed by atoms with Gasteiger partial charge in [0.25, 0.3) is 5.91 Å². The van der Waals surface area contributed by atoms with E-state index in [1.165, 1.54) is 0 Å². The molecule has 1 amide bonds. The number of fused-ring (bicyclic) bond motifs is 1. The van der Waals surface area contributed by atoms with E-state index >= 15 is 0 Å². The highest BCUT2D eigenvalue weighted by molar-refractivity contribution is 7.27. The molecule has 0 saturated heterocycles. The van der Waals surface area contributed by atoms with Crippen molar-refractivity contribution in [2.45, 2.75) is 6.54 Å². The highest BCUT2D eigenvalue weighted by Crippen LogP contribution is 2.12. The minimum atomic E-state index is -0.0156. The van der Waals surface area contributed by atoms with Gasteiger partial charge in [0.05, 0.1) is 11.0 Å². The Kier molecular flexibility index (Phi) is 1.40. The van der Waals surface area contributed by atoms with Gasteiger partial charge in [-0.05, 0) is 11.6 Å². The van der Waals surface area contributed by atoms with Crippen LogP contribution in [0.3, 0.4) is 0 Å². The quantitative estimate of drug-likeness (QED) is 0.543. The molecule has 1 atom stereocenters. The van der Waals surface area contributed by atoms with Gasteiger partial charge < -0.3 is 5.32 Å². The van der Waals surface area contributed by atoms with E-state index in [4.69, 9.17) is 0 Å². The molecule has 4 heteroatoms. The van der Waals surface area contributed by atoms with Crippen molar-refractivity contribution >= 4 is 20.6 Å². The molecule has 1 N–H and O–H groups in total. The molecule has 0 fully saturated rings. The van der Waals surface area contributed by atoms with E-state index in [1.54, 1.807) is 6.20 Å². The number of aromatic nitrogens is 1. The maximum atomic E-state index is 11.1. The highest BCUT2D eigenvalue weighted by Gasteiger charge is 2.20. The normalized spacial score (nSPS) is 14.5. The van der Waals surface area contributed by atoms with Crippen LogP contribution in [0.15, 0.2) is 12.3 Å². The lowest BCUT2D eigenvalue weighted by atomic mass is 10.2. The van der Waals surface area contributed by atoms with Crippen LogP contribution in [0, 0.1) is 0 Å². The van der Waals surface area contributed by atoms with Gasteiger partial charge in [-0.1, -0.05) is 9.24 Å². The molecule has 0 spiro atoms. The lowest BCUT2D eigenvalue weighted by molar-refractivity contribution is 0.0966. The van der Waals surface area contributed by atoms with Crippen LogP contribution < -0.4 is 10.8 Å². The van der Waals surface area contributed by atoms with Gasteiger partial charge in [-0.25, -0.2) is 0 Å². The van der Waals surface area contributed by atoms with Crippen LogP contribution in [0.25, 0.3) is 0 Å². The predicted molar refractivity (Wildman–Crippen MR) is 44.8 cm³/mol. The van der Waals surface area contributed by atoms with E-state index in [9.17, 15) is 4.79 Å². The van der Waals surface area contributed by atoms with Gasteiger partial charge in [0.2, 0.25) is 0 Å². The summed E-state index contributed by atoms with van der Waals surface area (Å²) in [5, 5.41) is 2.73. The van der Waals surface area contributed by atoms with Crippen molar-refractivity contribution in [2.24, 2.45) is 0 Å². The SMILES string of the molecule is O=C1NCc2ccnc(P)c21. The summed E-state index contributed by atoms with van der Waals surface area (Å²) in [6, 6.07) is 1.86. The molecule has 2 heterocycles. The Hall–Kier alpha value is -0.950. The maximum Gasteiger partial charge on any atom is 0.254 e. The molecule has 0 saturated carbocycles. The van der Waals surface area contributed by atoms with E-state index in [1.807, 2.05) is 6.07 Å². The summed E-state index contributed by atoms with van der Waals surface area (Å²) in [5.74, 6) is -0.0156. The molecule has 0 aliphatic carbocycles. The van der Waals surface area contributed by atoms with Crippen molar-refractivity contribution in [3.63, 3.8) is 0 Å². The Balaban J connectivity index is 2.68. The molecule has 1 aromatic rings. The Labute approximate surface area is 66.4 Å². The van der Waals surface area contributed by atoms with Crippen LogP contribution >= 0.6 is 9.24 Å². The van der Waals surface area contributed by atoms with Crippen LogP contribution in [-0.2, 0) is 6.54 Å². The number of hydrogen-bond donors (Lipinski definition) is 1. The molecule has 1 unspecified atom stereocenters. The Morgan fingerprint density at radius 2 is 2.45 bits per heavy atom. The summed E-state index contributed by atoms with van der Waals surface area (Å²) < 4.78 is 0. The second kappa shape index (κ2) is 2.28. The van der Waals surface area contributed by atoms with Crippen LogP contribution in [0.1, 0.15) is 15.9 Å². The first-order chi connectivity index (χ1) is 5.29. The van der Waals surface area contributed by atoms with Crippen molar-refractivity contribution in [3.05, 3.63) is 23.4 Å². The molecule has 0 aromatic carbocycles. The van der Waals surface area contributed by atoms with Gasteiger partial charge in [-0.3, -0.25) is 9.78 Å². The molecule has 1 aliphatic heterocycles. The Morgan fingerprint density at radius 1 is 1.64 bits per heavy atom. The first-order valence-corrected chi connectivity index (χ1v) is 3.88. The average Bonchev–Trinajstić information content (AvgIpc) is 2.34. The Morgan fingerprint density at radius 3 is 3.18 bits per heavy atom. The van der Waals surface area contributed by atoms with Gasteiger partial charge in [0, 0.05) is 12.7 Å². The number of carbonyl (C=O) groups is 1. The lowest BCUT2D eigenvalue weighted by Crippen LogP contribution is -2.17. The van der Waals surface area contributed by atoms with Crippen molar-refractivity contribution in [1.29, 1.82) is 0 Å². The zero-order valence-electron chi connectivity index (χ0n) is 5.79. The summed E-state index contributed by atoms with van der Waals surface area (Å²) in [7, 11) is 2.46. The standard InChI is InChI=1S/C7H7N2OP/c10-6-5-4(3-9-6)1-2-8-7(5)11/h1-2H,3,11H2,(H,9,10). The van der Waals surface area contributed by atoms with Crippen molar-refractivity contribution in [2.75, 3.05) is 0 Å². The van der Waals surface area contributed by atoms with E-state index in [0.29, 0.717) is 6.54 Å². The number of carbonyl (C=O) groups excluding carboxylic acids is 1. The van der Waals surface area contributed by atoms with Gasteiger partial charge in [0.1, 0.15) is 0 Å². The van der Waals surface area contributed by atoms with Crippen molar-refractivity contribution in [1.82, 2.24) is 10.3 Å². The van der Waals surface area contributed by atoms with Crippen LogP contribution in [0.4, 0.5) is 0 Å². The summed E-state index contributed by atoms with van der Waals surface area (Å²) in [5.41, 5.74) is 2.49. The molecule has 0 radical (unpaired) electrons. The fraction of sp³-hybridized carbons (Fsp3) is 0.143. The van der Waals surface area contributed by atoms with Gasteiger partial charge in [0.15, 0.2) is 0 Å². The zero-order chi connectivity index (χ0) is 7.84. The molecule has 2 rings (SSSR count). The minimum Gasteiger partial charge on any atom is -0.348 e. The van der Waals surface area contributed by atoms with Gasteiger partial charge >= 0.3 is 0 Å². The van der Waals surface area contributed by atoms with Crippen molar-refractivity contribution in [3.8, 4) is 0 Å². The first kappa shape index (κ1) is 6.74. The van der Waals surface area contributed by atoms with E-state index in [-0.39, 0.29) is 5.91 Å². The van der Waals surface area contributed by atoms with E-state index in [2.05, 4.69) is 19.5 Å². The zero-order valence-corrected chi connectivity index (χ0v) is 6.95. The second-order valence-corrected chi connectivity index (χ2v) is 2.96. The summed E-state index contributed by atoms with van der Waals surface area (Å²) in [6.45, 7) is 0.637. The molecular formula is C7H7N2OP. The third-order valence-electron chi connectivity index (χ3n) is 1.73. The highest BCUT2D eigenvalue weighted by atomic mass is 31.0. The average molecular weight is 166 g/mol. The molecular weight excluding hydrogens is 159 g/mol. The van der Waals surface area contributed by atoms with E-state index in [0.717, 1.165) is 16.6 Å². The fourth-order valence-corrected chi connectivity index (χ4v) is 1.60. The van der Waals surface area contributed by atoms with Crippen LogP contribution in [0.5, 0.6) is 0 Å². The number of hydrogen-bond acceptors (Lipinski definition) is 2. The monoisotopic (exact) mass is 166 g/mol. The minimum absolute atomic E-state index is 0.0156. The molecule has 11 heavy (non-hydrogen) atoms. The largest absolute Gasteiger partial charge is 0.348 e. The molecule has 1 aliphatic rings. The third kappa shape index (κ3) is 0.925. The molecule has 1 aromatic heterocycles. The predicted octanol–water partition coefficient (Wildman–Crippen LogP) is -0.175. The van der Waals surface area contributed by atoms with Crippen LogP contribution in [0.2, 0.25) is 0 Å². The van der Waals surface area contributed by atoms with E-state index < -0.39 is 0 Å². The summed E-state index contributed by atoms with van der Waals surface area (Å²) >= 11 is 0. The summed E-state index contributed by atoms with van der Waals surface area (Å²) in [4.78, 5) is 15.1. The van der Waals surface area contributed by atoms with Crippen LogP contribution in [-0.4, -0.2) is 10.9 Å². The molecule has 3 nitrogen and oxygen atoms in total. The summed E-state index contributed by atoms with van der Waals surface area (Å²) in [6.07, 6.45) is 1.71.